The zero-order valence-corrected chi connectivity index (χ0v) is 12.5. The molecule has 0 bridgehead atoms. The molecule has 2 fully saturated rings. The van der Waals surface area contributed by atoms with Gasteiger partial charge in [0.2, 0.25) is 10.0 Å². The summed E-state index contributed by atoms with van der Waals surface area (Å²) in [7, 11) is -6.42. The summed E-state index contributed by atoms with van der Waals surface area (Å²) in [5.41, 5.74) is 0. The van der Waals surface area contributed by atoms with Gasteiger partial charge in [0.25, 0.3) is 0 Å². The van der Waals surface area contributed by atoms with Crippen molar-refractivity contribution < 1.29 is 16.8 Å². The van der Waals surface area contributed by atoms with Crippen LogP contribution >= 0.6 is 11.6 Å². The van der Waals surface area contributed by atoms with Crippen molar-refractivity contribution in [2.75, 3.05) is 23.9 Å². The third-order valence-corrected chi connectivity index (χ3v) is 8.27. The molecule has 18 heavy (non-hydrogen) atoms. The summed E-state index contributed by atoms with van der Waals surface area (Å²) >= 11 is 5.79. The van der Waals surface area contributed by atoms with E-state index in [0.29, 0.717) is 12.4 Å². The first-order valence-electron chi connectivity index (χ1n) is 6.14. The first kappa shape index (κ1) is 14.6. The van der Waals surface area contributed by atoms with E-state index in [4.69, 9.17) is 11.6 Å². The molecule has 8 heteroatoms. The van der Waals surface area contributed by atoms with Crippen LogP contribution in [0.2, 0.25) is 0 Å². The first-order valence-corrected chi connectivity index (χ1v) is 10.00. The predicted octanol–water partition coefficient (Wildman–Crippen LogP) is 0.597. The standard InChI is InChI=1S/C10H18ClNO4S2/c11-8-9-2-1-5-12(9)18(15,16)10-3-6-17(13,14)7-4-10/h9-10H,1-8H2. The summed E-state index contributed by atoms with van der Waals surface area (Å²) in [6, 6.07) is -0.116. The van der Waals surface area contributed by atoms with Crippen molar-refractivity contribution in [3.8, 4) is 0 Å². The summed E-state index contributed by atoms with van der Waals surface area (Å²) in [6.45, 7) is 0.517. The zero-order chi connectivity index (χ0) is 13.4. The Morgan fingerprint density at radius 1 is 1.17 bits per heavy atom. The summed E-state index contributed by atoms with van der Waals surface area (Å²) in [6.07, 6.45) is 2.07. The van der Waals surface area contributed by atoms with Gasteiger partial charge in [0, 0.05) is 18.5 Å². The van der Waals surface area contributed by atoms with Gasteiger partial charge in [0.05, 0.1) is 16.8 Å². The number of alkyl halides is 1. The molecular formula is C10H18ClNO4S2. The van der Waals surface area contributed by atoms with Crippen molar-refractivity contribution in [1.82, 2.24) is 4.31 Å². The smallest absolute Gasteiger partial charge is 0.217 e. The van der Waals surface area contributed by atoms with Crippen LogP contribution in [-0.2, 0) is 19.9 Å². The topological polar surface area (TPSA) is 71.5 Å². The number of hydrogen-bond acceptors (Lipinski definition) is 4. The Kier molecular flexibility index (Phi) is 4.26. The Labute approximate surface area is 113 Å². The molecule has 0 N–H and O–H groups in total. The van der Waals surface area contributed by atoms with Crippen LogP contribution in [-0.4, -0.2) is 56.4 Å². The second-order valence-corrected chi connectivity index (χ2v) is 9.74. The molecule has 1 unspecified atom stereocenters. The van der Waals surface area contributed by atoms with Crippen molar-refractivity contribution in [1.29, 1.82) is 0 Å². The van der Waals surface area contributed by atoms with Gasteiger partial charge in [-0.3, -0.25) is 0 Å². The van der Waals surface area contributed by atoms with E-state index in [1.54, 1.807) is 0 Å². The molecule has 0 aromatic rings. The van der Waals surface area contributed by atoms with Gasteiger partial charge in [-0.2, -0.15) is 4.31 Å². The van der Waals surface area contributed by atoms with Crippen LogP contribution in [0.3, 0.4) is 0 Å². The van der Waals surface area contributed by atoms with Crippen LogP contribution < -0.4 is 0 Å². The van der Waals surface area contributed by atoms with E-state index in [2.05, 4.69) is 0 Å². The van der Waals surface area contributed by atoms with E-state index >= 15 is 0 Å². The van der Waals surface area contributed by atoms with Crippen molar-refractivity contribution >= 4 is 31.5 Å². The van der Waals surface area contributed by atoms with Gasteiger partial charge in [-0.15, -0.1) is 11.6 Å². The number of sulfone groups is 1. The van der Waals surface area contributed by atoms with E-state index in [0.717, 1.165) is 12.8 Å². The second kappa shape index (κ2) is 5.26. The minimum Gasteiger partial charge on any atom is -0.229 e. The molecule has 0 aromatic heterocycles. The fraction of sp³-hybridized carbons (Fsp3) is 1.00. The Morgan fingerprint density at radius 2 is 1.78 bits per heavy atom. The number of halogens is 1. The van der Waals surface area contributed by atoms with E-state index in [1.807, 2.05) is 0 Å². The molecule has 106 valence electrons. The highest BCUT2D eigenvalue weighted by Crippen LogP contribution is 2.29. The third-order valence-electron chi connectivity index (χ3n) is 3.75. The Hall–Kier alpha value is 0.150. The van der Waals surface area contributed by atoms with Gasteiger partial charge in [-0.25, -0.2) is 16.8 Å². The zero-order valence-electron chi connectivity index (χ0n) is 10.1. The van der Waals surface area contributed by atoms with Crippen LogP contribution in [0, 0.1) is 0 Å². The fourth-order valence-corrected chi connectivity index (χ4v) is 7.04. The fourth-order valence-electron chi connectivity index (χ4n) is 2.66. The molecule has 2 heterocycles. The van der Waals surface area contributed by atoms with E-state index in [-0.39, 0.29) is 30.4 Å². The highest BCUT2D eigenvalue weighted by atomic mass is 35.5. The van der Waals surface area contributed by atoms with Gasteiger partial charge >= 0.3 is 0 Å². The highest BCUT2D eigenvalue weighted by Gasteiger charge is 2.41. The summed E-state index contributed by atoms with van der Waals surface area (Å²) in [5, 5.41) is -0.551. The number of rotatable bonds is 3. The van der Waals surface area contributed by atoms with E-state index in [1.165, 1.54) is 4.31 Å². The monoisotopic (exact) mass is 315 g/mol. The third kappa shape index (κ3) is 2.84. The lowest BCUT2D eigenvalue weighted by Crippen LogP contribution is -2.45. The van der Waals surface area contributed by atoms with Gasteiger partial charge in [-0.05, 0) is 25.7 Å². The number of nitrogens with zero attached hydrogens (tertiary/aromatic N) is 1. The van der Waals surface area contributed by atoms with Crippen molar-refractivity contribution in [2.45, 2.75) is 37.0 Å². The summed E-state index contributed by atoms with van der Waals surface area (Å²) in [4.78, 5) is 0. The normalized spacial score (nSPS) is 30.6. The van der Waals surface area contributed by atoms with E-state index < -0.39 is 25.1 Å². The summed E-state index contributed by atoms with van der Waals surface area (Å²) in [5.74, 6) is 0.275. The van der Waals surface area contributed by atoms with Crippen LogP contribution in [0.5, 0.6) is 0 Å². The first-order chi connectivity index (χ1) is 8.37. The second-order valence-electron chi connectivity index (χ2n) is 4.96. The van der Waals surface area contributed by atoms with Crippen LogP contribution in [0.1, 0.15) is 25.7 Å². The van der Waals surface area contributed by atoms with Crippen LogP contribution in [0.4, 0.5) is 0 Å². The Morgan fingerprint density at radius 3 is 2.33 bits per heavy atom. The van der Waals surface area contributed by atoms with Crippen molar-refractivity contribution in [3.05, 3.63) is 0 Å². The molecule has 0 aliphatic carbocycles. The van der Waals surface area contributed by atoms with Gasteiger partial charge in [-0.1, -0.05) is 0 Å². The molecule has 0 aromatic carbocycles. The molecule has 2 aliphatic heterocycles. The lowest BCUT2D eigenvalue weighted by molar-refractivity contribution is 0.399. The molecule has 2 aliphatic rings. The molecule has 2 saturated heterocycles. The maximum Gasteiger partial charge on any atom is 0.217 e. The quantitative estimate of drug-likeness (QED) is 0.715. The Balaban J connectivity index is 2.12. The van der Waals surface area contributed by atoms with Crippen LogP contribution in [0.25, 0.3) is 0 Å². The molecule has 0 radical (unpaired) electrons. The van der Waals surface area contributed by atoms with Gasteiger partial charge in [0.15, 0.2) is 0 Å². The van der Waals surface area contributed by atoms with E-state index in [9.17, 15) is 16.8 Å². The highest BCUT2D eigenvalue weighted by molar-refractivity contribution is 7.92. The van der Waals surface area contributed by atoms with Crippen molar-refractivity contribution in [3.63, 3.8) is 0 Å². The molecule has 0 spiro atoms. The minimum atomic E-state index is -3.39. The molecule has 0 amide bonds. The Bertz CT molecular complexity index is 488. The maximum absolute atomic E-state index is 12.4. The average Bonchev–Trinajstić information content (AvgIpc) is 2.77. The number of hydrogen-bond donors (Lipinski definition) is 0. The van der Waals surface area contributed by atoms with Crippen LogP contribution in [0.15, 0.2) is 0 Å². The molecule has 2 rings (SSSR count). The molecule has 1 atom stereocenters. The predicted molar refractivity (Wildman–Crippen MR) is 71.0 cm³/mol. The summed E-state index contributed by atoms with van der Waals surface area (Å²) < 4.78 is 49.0. The number of sulfonamides is 1. The minimum absolute atomic E-state index is 0.0176. The largest absolute Gasteiger partial charge is 0.229 e. The lowest BCUT2D eigenvalue weighted by Gasteiger charge is -2.29. The molecule has 5 nitrogen and oxygen atoms in total. The molecular weight excluding hydrogens is 298 g/mol. The molecule has 0 saturated carbocycles. The lowest BCUT2D eigenvalue weighted by atomic mass is 10.2. The van der Waals surface area contributed by atoms with Gasteiger partial charge < -0.3 is 0 Å². The maximum atomic E-state index is 12.4. The SMILES string of the molecule is O=S1(=O)CCC(S(=O)(=O)N2CCCC2CCl)CC1. The van der Waals surface area contributed by atoms with Gasteiger partial charge in [0.1, 0.15) is 9.84 Å². The van der Waals surface area contributed by atoms with Crippen molar-refractivity contribution in [2.24, 2.45) is 0 Å². The average molecular weight is 316 g/mol.